The molecule has 0 heterocycles. The van der Waals surface area contributed by atoms with E-state index in [9.17, 15) is 8.42 Å². The molecule has 23 heavy (non-hydrogen) atoms. The van der Waals surface area contributed by atoms with Gasteiger partial charge in [-0.25, -0.2) is 13.1 Å². The summed E-state index contributed by atoms with van der Waals surface area (Å²) in [6.07, 6.45) is 10.8. The molecule has 0 saturated heterocycles. The highest BCUT2D eigenvalue weighted by atomic mass is 35.5. The zero-order chi connectivity index (χ0) is 17.1. The average Bonchev–Trinajstić information content (AvgIpc) is 2.51. The van der Waals surface area contributed by atoms with Crippen molar-refractivity contribution < 1.29 is 8.42 Å². The Morgan fingerprint density at radius 2 is 1.48 bits per heavy atom. The number of hydrogen-bond acceptors (Lipinski definition) is 2. The highest BCUT2D eigenvalue weighted by Gasteiger charge is 2.17. The summed E-state index contributed by atoms with van der Waals surface area (Å²) in [6, 6.07) is 4.45. The quantitative estimate of drug-likeness (QED) is 0.466. The Morgan fingerprint density at radius 1 is 0.913 bits per heavy atom. The lowest BCUT2D eigenvalue weighted by Gasteiger charge is -2.08. The van der Waals surface area contributed by atoms with Crippen LogP contribution in [-0.2, 0) is 10.0 Å². The predicted octanol–water partition coefficient (Wildman–Crippen LogP) is 5.80. The van der Waals surface area contributed by atoms with Gasteiger partial charge in [-0.2, -0.15) is 0 Å². The molecule has 132 valence electrons. The van der Waals surface area contributed by atoms with Crippen molar-refractivity contribution in [2.24, 2.45) is 0 Å². The molecule has 0 atom stereocenters. The Morgan fingerprint density at radius 3 is 2.09 bits per heavy atom. The molecule has 0 saturated carbocycles. The lowest BCUT2D eigenvalue weighted by atomic mass is 10.1. The predicted molar refractivity (Wildman–Crippen MR) is 98.9 cm³/mol. The standard InChI is InChI=1S/C17H27Cl2NO2S/c1-2-3-4-5-6-7-8-9-10-13-20-23(21,22)17-14-15(18)11-12-16(17)19/h11-12,14,20H,2-10,13H2,1H3. The van der Waals surface area contributed by atoms with Gasteiger partial charge >= 0.3 is 0 Å². The lowest BCUT2D eigenvalue weighted by Crippen LogP contribution is -2.25. The van der Waals surface area contributed by atoms with Gasteiger partial charge in [-0.1, -0.05) is 81.5 Å². The van der Waals surface area contributed by atoms with Crippen molar-refractivity contribution in [2.45, 2.75) is 69.6 Å². The molecule has 1 rings (SSSR count). The molecule has 1 N–H and O–H groups in total. The van der Waals surface area contributed by atoms with E-state index in [0.717, 1.165) is 19.3 Å². The van der Waals surface area contributed by atoms with E-state index in [1.54, 1.807) is 6.07 Å². The van der Waals surface area contributed by atoms with Crippen LogP contribution >= 0.6 is 23.2 Å². The largest absolute Gasteiger partial charge is 0.242 e. The Labute approximate surface area is 150 Å². The molecular formula is C17H27Cl2NO2S. The molecule has 0 radical (unpaired) electrons. The number of nitrogens with one attached hydrogen (secondary N) is 1. The Balaban J connectivity index is 2.21. The first-order valence-electron chi connectivity index (χ1n) is 8.42. The van der Waals surface area contributed by atoms with E-state index in [2.05, 4.69) is 11.6 Å². The fourth-order valence-electron chi connectivity index (χ4n) is 2.40. The summed E-state index contributed by atoms with van der Waals surface area (Å²) in [5, 5.41) is 0.548. The summed E-state index contributed by atoms with van der Waals surface area (Å²) in [5.74, 6) is 0. The molecule has 0 aromatic heterocycles. The minimum atomic E-state index is -3.59. The van der Waals surface area contributed by atoms with Crippen molar-refractivity contribution in [1.82, 2.24) is 4.72 Å². The third kappa shape index (κ3) is 8.39. The van der Waals surface area contributed by atoms with Crippen molar-refractivity contribution in [1.29, 1.82) is 0 Å². The van der Waals surface area contributed by atoms with Crippen LogP contribution in [0.3, 0.4) is 0 Å². The summed E-state index contributed by atoms with van der Waals surface area (Å²) >= 11 is 11.8. The van der Waals surface area contributed by atoms with E-state index in [4.69, 9.17) is 23.2 Å². The second kappa shape index (κ2) is 11.3. The number of unbranched alkanes of at least 4 members (excludes halogenated alkanes) is 8. The summed E-state index contributed by atoms with van der Waals surface area (Å²) in [6.45, 7) is 2.65. The van der Waals surface area contributed by atoms with Crippen LogP contribution in [0.4, 0.5) is 0 Å². The number of rotatable bonds is 12. The highest BCUT2D eigenvalue weighted by molar-refractivity contribution is 7.89. The smallest absolute Gasteiger partial charge is 0.211 e. The third-order valence-corrected chi connectivity index (χ3v) is 5.93. The van der Waals surface area contributed by atoms with E-state index < -0.39 is 10.0 Å². The molecule has 6 heteroatoms. The molecule has 0 spiro atoms. The van der Waals surface area contributed by atoms with Gasteiger partial charge in [0.25, 0.3) is 0 Å². The van der Waals surface area contributed by atoms with Gasteiger partial charge in [-0.05, 0) is 24.6 Å². The molecule has 0 aliphatic carbocycles. The van der Waals surface area contributed by atoms with Gasteiger partial charge in [0.1, 0.15) is 4.90 Å². The number of benzene rings is 1. The van der Waals surface area contributed by atoms with Gasteiger partial charge in [0.05, 0.1) is 5.02 Å². The average molecular weight is 380 g/mol. The first-order chi connectivity index (χ1) is 11.0. The molecule has 0 amide bonds. The van der Waals surface area contributed by atoms with Crippen molar-refractivity contribution in [3.05, 3.63) is 28.2 Å². The van der Waals surface area contributed by atoms with Crippen LogP contribution in [0.2, 0.25) is 10.0 Å². The van der Waals surface area contributed by atoms with E-state index in [-0.39, 0.29) is 9.92 Å². The SMILES string of the molecule is CCCCCCCCCCCNS(=O)(=O)c1cc(Cl)ccc1Cl. The normalized spacial score (nSPS) is 11.8. The van der Waals surface area contributed by atoms with Gasteiger partial charge in [0.2, 0.25) is 10.0 Å². The second-order valence-electron chi connectivity index (χ2n) is 5.80. The van der Waals surface area contributed by atoms with Gasteiger partial charge in [-0.3, -0.25) is 0 Å². The van der Waals surface area contributed by atoms with Crippen molar-refractivity contribution in [2.75, 3.05) is 6.54 Å². The van der Waals surface area contributed by atoms with Crippen molar-refractivity contribution in [3.63, 3.8) is 0 Å². The minimum absolute atomic E-state index is 0.0441. The van der Waals surface area contributed by atoms with E-state index in [1.165, 1.54) is 50.7 Å². The highest BCUT2D eigenvalue weighted by Crippen LogP contribution is 2.24. The first-order valence-corrected chi connectivity index (χ1v) is 10.7. The summed E-state index contributed by atoms with van der Waals surface area (Å²) in [4.78, 5) is 0.0441. The van der Waals surface area contributed by atoms with Crippen molar-refractivity contribution in [3.8, 4) is 0 Å². The molecule has 1 aromatic rings. The molecule has 0 bridgehead atoms. The molecular weight excluding hydrogens is 353 g/mol. The van der Waals surface area contributed by atoms with Gasteiger partial charge in [-0.15, -0.1) is 0 Å². The fraction of sp³-hybridized carbons (Fsp3) is 0.647. The molecule has 0 aliphatic rings. The number of hydrogen-bond donors (Lipinski definition) is 1. The Kier molecular flexibility index (Phi) is 10.2. The molecule has 0 aliphatic heterocycles. The third-order valence-electron chi connectivity index (χ3n) is 3.76. The van der Waals surface area contributed by atoms with Gasteiger partial charge < -0.3 is 0 Å². The number of sulfonamides is 1. The van der Waals surface area contributed by atoms with E-state index in [1.807, 2.05) is 0 Å². The molecule has 1 aromatic carbocycles. The van der Waals surface area contributed by atoms with E-state index in [0.29, 0.717) is 11.6 Å². The van der Waals surface area contributed by atoms with Crippen LogP contribution in [-0.4, -0.2) is 15.0 Å². The molecule has 0 unspecified atom stereocenters. The topological polar surface area (TPSA) is 46.2 Å². The first kappa shape index (κ1) is 20.8. The lowest BCUT2D eigenvalue weighted by molar-refractivity contribution is 0.554. The monoisotopic (exact) mass is 379 g/mol. The summed E-state index contributed by atoms with van der Waals surface area (Å²) in [7, 11) is -3.59. The maximum atomic E-state index is 12.2. The minimum Gasteiger partial charge on any atom is -0.211 e. The summed E-state index contributed by atoms with van der Waals surface area (Å²) in [5.41, 5.74) is 0. The Bertz CT molecular complexity index is 562. The van der Waals surface area contributed by atoms with Crippen LogP contribution in [0.25, 0.3) is 0 Å². The fourth-order valence-corrected chi connectivity index (χ4v) is 4.24. The number of halogens is 2. The van der Waals surface area contributed by atoms with Crippen LogP contribution in [0.1, 0.15) is 64.7 Å². The second-order valence-corrected chi connectivity index (χ2v) is 8.38. The maximum absolute atomic E-state index is 12.2. The molecule has 0 fully saturated rings. The zero-order valence-corrected chi connectivity index (χ0v) is 16.1. The van der Waals surface area contributed by atoms with Crippen LogP contribution < -0.4 is 4.72 Å². The van der Waals surface area contributed by atoms with Crippen LogP contribution in [0.15, 0.2) is 23.1 Å². The van der Waals surface area contributed by atoms with Crippen LogP contribution in [0.5, 0.6) is 0 Å². The zero-order valence-electron chi connectivity index (χ0n) is 13.8. The van der Waals surface area contributed by atoms with Gasteiger partial charge in [0.15, 0.2) is 0 Å². The van der Waals surface area contributed by atoms with Gasteiger partial charge in [0, 0.05) is 11.6 Å². The van der Waals surface area contributed by atoms with Crippen molar-refractivity contribution >= 4 is 33.2 Å². The maximum Gasteiger partial charge on any atom is 0.242 e. The Hall–Kier alpha value is -0.290. The van der Waals surface area contributed by atoms with Crippen LogP contribution in [0, 0.1) is 0 Å². The van der Waals surface area contributed by atoms with E-state index >= 15 is 0 Å². The summed E-state index contributed by atoms with van der Waals surface area (Å²) < 4.78 is 27.0. The molecule has 3 nitrogen and oxygen atoms in total.